The number of benzene rings is 1. The molecule has 0 aliphatic heterocycles. The summed E-state index contributed by atoms with van der Waals surface area (Å²) in [5, 5.41) is 9.00. The van der Waals surface area contributed by atoms with Crippen molar-refractivity contribution in [1.82, 2.24) is 9.80 Å². The van der Waals surface area contributed by atoms with E-state index < -0.39 is 5.97 Å². The highest BCUT2D eigenvalue weighted by Crippen LogP contribution is 2.20. The van der Waals surface area contributed by atoms with Crippen molar-refractivity contribution in [2.75, 3.05) is 40.0 Å². The molecule has 21 heavy (non-hydrogen) atoms. The van der Waals surface area contributed by atoms with Gasteiger partial charge in [-0.1, -0.05) is 6.07 Å². The summed E-state index contributed by atoms with van der Waals surface area (Å²) in [5.74, 6) is -1.23. The lowest BCUT2D eigenvalue weighted by Gasteiger charge is -2.23. The number of likely N-dealkylation sites (N-methyl/N-ethyl adjacent to an activating group) is 1. The van der Waals surface area contributed by atoms with Gasteiger partial charge in [-0.15, -0.1) is 11.8 Å². The first-order chi connectivity index (χ1) is 9.85. The van der Waals surface area contributed by atoms with E-state index in [1.54, 1.807) is 11.8 Å². The maximum Gasteiger partial charge on any atom is 0.323 e. The third kappa shape index (κ3) is 5.40. The Bertz CT molecular complexity index is 518. The van der Waals surface area contributed by atoms with Gasteiger partial charge in [0.05, 0.1) is 0 Å². The van der Waals surface area contributed by atoms with Gasteiger partial charge in [-0.2, -0.15) is 0 Å². The molecule has 0 spiro atoms. The maximum atomic E-state index is 12.6. The summed E-state index contributed by atoms with van der Waals surface area (Å²) in [7, 11) is 3.78. The Balaban J connectivity index is 3.00. The van der Waals surface area contributed by atoms with Gasteiger partial charge in [-0.25, -0.2) is 0 Å². The Morgan fingerprint density at radius 2 is 1.90 bits per heavy atom. The second-order valence-electron chi connectivity index (χ2n) is 5.10. The molecular weight excluding hydrogens is 288 g/mol. The Labute approximate surface area is 129 Å². The molecule has 0 aliphatic rings. The maximum absolute atomic E-state index is 12.6. The first kappa shape index (κ1) is 17.5. The highest BCUT2D eigenvalue weighted by Gasteiger charge is 2.20. The van der Waals surface area contributed by atoms with E-state index in [-0.39, 0.29) is 12.5 Å². The molecule has 0 fully saturated rings. The number of thioether (sulfide) groups is 1. The lowest BCUT2D eigenvalue weighted by molar-refractivity contribution is -0.137. The van der Waals surface area contributed by atoms with Gasteiger partial charge in [0.15, 0.2) is 0 Å². The largest absolute Gasteiger partial charge is 0.480 e. The molecule has 5 nitrogen and oxygen atoms in total. The summed E-state index contributed by atoms with van der Waals surface area (Å²) >= 11 is 1.56. The fraction of sp³-hybridized carbons (Fsp3) is 0.467. The normalized spacial score (nSPS) is 10.7. The predicted octanol–water partition coefficient (Wildman–Crippen LogP) is 1.81. The Morgan fingerprint density at radius 1 is 1.24 bits per heavy atom. The summed E-state index contributed by atoms with van der Waals surface area (Å²) in [6.45, 7) is 2.60. The molecule has 0 aromatic heterocycles. The summed E-state index contributed by atoms with van der Waals surface area (Å²) < 4.78 is 0. The van der Waals surface area contributed by atoms with Crippen molar-refractivity contribution >= 4 is 23.6 Å². The van der Waals surface area contributed by atoms with Crippen molar-refractivity contribution in [1.29, 1.82) is 0 Å². The molecule has 0 unspecified atom stereocenters. The number of hydrogen-bond donors (Lipinski definition) is 1. The SMILES string of the molecule is CSc1ccc(C)c(C(=O)N(CCN(C)C)CC(=O)O)c1. The number of nitrogens with zero attached hydrogens (tertiary/aromatic N) is 2. The zero-order valence-electron chi connectivity index (χ0n) is 12.9. The summed E-state index contributed by atoms with van der Waals surface area (Å²) in [4.78, 5) is 27.9. The van der Waals surface area contributed by atoms with Crippen LogP contribution in [0.15, 0.2) is 23.1 Å². The van der Waals surface area contributed by atoms with Crippen LogP contribution in [0.5, 0.6) is 0 Å². The van der Waals surface area contributed by atoms with Crippen LogP contribution in [0.2, 0.25) is 0 Å². The van der Waals surface area contributed by atoms with Crippen LogP contribution in [0.3, 0.4) is 0 Å². The van der Waals surface area contributed by atoms with Crippen molar-refractivity contribution in [3.05, 3.63) is 29.3 Å². The van der Waals surface area contributed by atoms with Gasteiger partial charge in [0.2, 0.25) is 0 Å². The molecule has 0 bridgehead atoms. The zero-order chi connectivity index (χ0) is 16.0. The van der Waals surface area contributed by atoms with E-state index in [0.717, 1.165) is 10.5 Å². The molecule has 0 saturated heterocycles. The molecule has 0 saturated carbocycles. The van der Waals surface area contributed by atoms with E-state index in [0.29, 0.717) is 18.7 Å². The fourth-order valence-electron chi connectivity index (χ4n) is 1.87. The molecule has 1 amide bonds. The van der Waals surface area contributed by atoms with Crippen molar-refractivity contribution in [2.45, 2.75) is 11.8 Å². The van der Waals surface area contributed by atoms with E-state index in [1.807, 2.05) is 50.4 Å². The van der Waals surface area contributed by atoms with Crippen LogP contribution in [0, 0.1) is 6.92 Å². The highest BCUT2D eigenvalue weighted by molar-refractivity contribution is 7.98. The fourth-order valence-corrected chi connectivity index (χ4v) is 2.31. The van der Waals surface area contributed by atoms with E-state index in [1.165, 1.54) is 4.90 Å². The van der Waals surface area contributed by atoms with Crippen molar-refractivity contribution in [3.8, 4) is 0 Å². The number of carboxylic acid groups (broad SMARTS) is 1. The standard InChI is InChI=1S/C15H22N2O3S/c1-11-5-6-12(21-4)9-13(11)15(20)17(10-14(18)19)8-7-16(2)3/h5-6,9H,7-8,10H2,1-4H3,(H,18,19). The number of carbonyl (C=O) groups excluding carboxylic acids is 1. The molecule has 116 valence electrons. The number of aryl methyl sites for hydroxylation is 1. The minimum absolute atomic E-state index is 0.229. The molecule has 0 atom stereocenters. The molecule has 1 aromatic carbocycles. The van der Waals surface area contributed by atoms with Gasteiger partial charge < -0.3 is 14.9 Å². The van der Waals surface area contributed by atoms with Gasteiger partial charge in [0.1, 0.15) is 6.54 Å². The average Bonchev–Trinajstić information content (AvgIpc) is 2.42. The monoisotopic (exact) mass is 310 g/mol. The van der Waals surface area contributed by atoms with Crippen LogP contribution in [0.25, 0.3) is 0 Å². The summed E-state index contributed by atoms with van der Waals surface area (Å²) in [6, 6.07) is 5.68. The summed E-state index contributed by atoms with van der Waals surface area (Å²) in [5.41, 5.74) is 1.43. The van der Waals surface area contributed by atoms with Crippen molar-refractivity contribution < 1.29 is 14.7 Å². The third-order valence-corrected chi connectivity index (χ3v) is 3.83. The number of hydrogen-bond acceptors (Lipinski definition) is 4. The van der Waals surface area contributed by atoms with Gasteiger partial charge in [-0.05, 0) is 45.0 Å². The smallest absolute Gasteiger partial charge is 0.323 e. The molecule has 1 rings (SSSR count). The Hall–Kier alpha value is -1.53. The molecule has 0 radical (unpaired) electrons. The van der Waals surface area contributed by atoms with Gasteiger partial charge in [-0.3, -0.25) is 9.59 Å². The number of rotatable bonds is 7. The minimum Gasteiger partial charge on any atom is -0.480 e. The number of carboxylic acids is 1. The molecule has 1 N–H and O–H groups in total. The van der Waals surface area contributed by atoms with E-state index in [9.17, 15) is 9.59 Å². The van der Waals surface area contributed by atoms with E-state index in [2.05, 4.69) is 0 Å². The topological polar surface area (TPSA) is 60.9 Å². The second kappa shape index (κ2) is 8.05. The molecule has 0 heterocycles. The van der Waals surface area contributed by atoms with Crippen molar-refractivity contribution in [3.63, 3.8) is 0 Å². The minimum atomic E-state index is -0.999. The van der Waals surface area contributed by atoms with Crippen LogP contribution in [0.4, 0.5) is 0 Å². The highest BCUT2D eigenvalue weighted by atomic mass is 32.2. The predicted molar refractivity (Wildman–Crippen MR) is 85.1 cm³/mol. The third-order valence-electron chi connectivity index (χ3n) is 3.11. The summed E-state index contributed by atoms with van der Waals surface area (Å²) in [6.07, 6.45) is 1.94. The Morgan fingerprint density at radius 3 is 2.43 bits per heavy atom. The quantitative estimate of drug-likeness (QED) is 0.778. The van der Waals surface area contributed by atoms with Crippen LogP contribution < -0.4 is 0 Å². The van der Waals surface area contributed by atoms with Crippen LogP contribution in [-0.2, 0) is 4.79 Å². The molecular formula is C15H22N2O3S. The van der Waals surface area contributed by atoms with E-state index in [4.69, 9.17) is 5.11 Å². The second-order valence-corrected chi connectivity index (χ2v) is 5.98. The molecule has 6 heteroatoms. The lowest BCUT2D eigenvalue weighted by atomic mass is 10.1. The van der Waals surface area contributed by atoms with E-state index >= 15 is 0 Å². The van der Waals surface area contributed by atoms with Gasteiger partial charge in [0.25, 0.3) is 5.91 Å². The number of aliphatic carboxylic acids is 1. The van der Waals surface area contributed by atoms with Crippen LogP contribution >= 0.6 is 11.8 Å². The average molecular weight is 310 g/mol. The number of carbonyl (C=O) groups is 2. The van der Waals surface area contributed by atoms with Gasteiger partial charge >= 0.3 is 5.97 Å². The van der Waals surface area contributed by atoms with Crippen LogP contribution in [-0.4, -0.2) is 66.8 Å². The van der Waals surface area contributed by atoms with Gasteiger partial charge in [0, 0.05) is 23.5 Å². The lowest BCUT2D eigenvalue weighted by Crippen LogP contribution is -2.40. The zero-order valence-corrected chi connectivity index (χ0v) is 13.7. The van der Waals surface area contributed by atoms with Crippen molar-refractivity contribution in [2.24, 2.45) is 0 Å². The first-order valence-electron chi connectivity index (χ1n) is 6.65. The van der Waals surface area contributed by atoms with Crippen LogP contribution in [0.1, 0.15) is 15.9 Å². The first-order valence-corrected chi connectivity index (χ1v) is 7.88. The Kier molecular flexibility index (Phi) is 6.71. The molecule has 1 aromatic rings. The molecule has 0 aliphatic carbocycles. The number of amides is 1.